The van der Waals surface area contributed by atoms with E-state index < -0.39 is 11.6 Å². The van der Waals surface area contributed by atoms with Crippen molar-refractivity contribution in [3.8, 4) is 22.8 Å². The molecule has 0 aliphatic heterocycles. The predicted molar refractivity (Wildman–Crippen MR) is 114 cm³/mol. The van der Waals surface area contributed by atoms with Gasteiger partial charge in [0.2, 0.25) is 0 Å². The molecule has 0 atom stereocenters. The van der Waals surface area contributed by atoms with Gasteiger partial charge in [0.05, 0.1) is 24.8 Å². The highest BCUT2D eigenvalue weighted by atomic mass is 19.2. The molecule has 0 aliphatic rings. The van der Waals surface area contributed by atoms with Crippen molar-refractivity contribution < 1.29 is 18.3 Å². The first-order valence-electron chi connectivity index (χ1n) is 9.79. The minimum absolute atomic E-state index is 0.244. The molecule has 1 aromatic heterocycles. The molecule has 7 heteroatoms. The maximum atomic E-state index is 13.8. The van der Waals surface area contributed by atoms with Crippen LogP contribution in [0.15, 0.2) is 71.5 Å². The van der Waals surface area contributed by atoms with E-state index in [1.807, 2.05) is 0 Å². The third-order valence-corrected chi connectivity index (χ3v) is 4.90. The van der Waals surface area contributed by atoms with Crippen LogP contribution in [-0.2, 0) is 6.54 Å². The minimum atomic E-state index is -0.964. The van der Waals surface area contributed by atoms with Crippen molar-refractivity contribution in [2.45, 2.75) is 13.0 Å². The Kier molecular flexibility index (Phi) is 5.93. The van der Waals surface area contributed by atoms with Crippen LogP contribution in [-0.4, -0.2) is 23.5 Å². The van der Waals surface area contributed by atoms with Crippen molar-refractivity contribution in [1.82, 2.24) is 9.78 Å². The maximum absolute atomic E-state index is 13.8. The molecule has 158 valence electrons. The van der Waals surface area contributed by atoms with Gasteiger partial charge < -0.3 is 9.47 Å². The zero-order valence-electron chi connectivity index (χ0n) is 16.8. The topological polar surface area (TPSA) is 53.4 Å². The molecule has 4 aromatic rings. The first-order chi connectivity index (χ1) is 15.1. The highest BCUT2D eigenvalue weighted by Gasteiger charge is 2.14. The smallest absolute Gasteiger partial charge is 0.274 e. The molecule has 0 aliphatic carbocycles. The van der Waals surface area contributed by atoms with E-state index in [9.17, 15) is 13.6 Å². The first-order valence-corrected chi connectivity index (χ1v) is 9.79. The Morgan fingerprint density at radius 3 is 2.32 bits per heavy atom. The second kappa shape index (κ2) is 8.95. The fourth-order valence-corrected chi connectivity index (χ4v) is 3.32. The number of ether oxygens (including phenoxy) is 2. The summed E-state index contributed by atoms with van der Waals surface area (Å²) in [5.74, 6) is -0.461. The number of aromatic nitrogens is 2. The van der Waals surface area contributed by atoms with Crippen LogP contribution in [0.2, 0.25) is 0 Å². The van der Waals surface area contributed by atoms with Gasteiger partial charge in [0, 0.05) is 23.9 Å². The van der Waals surface area contributed by atoms with Crippen LogP contribution in [0.3, 0.4) is 0 Å². The maximum Gasteiger partial charge on any atom is 0.274 e. The Morgan fingerprint density at radius 2 is 1.61 bits per heavy atom. The van der Waals surface area contributed by atoms with E-state index in [4.69, 9.17) is 9.47 Å². The first kappa shape index (κ1) is 20.5. The van der Waals surface area contributed by atoms with Crippen molar-refractivity contribution in [2.75, 3.05) is 13.7 Å². The van der Waals surface area contributed by atoms with E-state index >= 15 is 0 Å². The molecule has 0 amide bonds. The summed E-state index contributed by atoms with van der Waals surface area (Å²) in [7, 11) is 1.60. The summed E-state index contributed by atoms with van der Waals surface area (Å²) in [6, 6.07) is 17.8. The van der Waals surface area contributed by atoms with Crippen LogP contribution in [0, 0.1) is 11.6 Å². The zero-order chi connectivity index (χ0) is 21.8. The van der Waals surface area contributed by atoms with Crippen LogP contribution >= 0.6 is 0 Å². The number of nitrogens with zero attached hydrogens (tertiary/aromatic N) is 2. The Bertz CT molecular complexity index is 1270. The van der Waals surface area contributed by atoms with Crippen LogP contribution in [0.1, 0.15) is 6.42 Å². The Balaban J connectivity index is 1.58. The van der Waals surface area contributed by atoms with E-state index in [2.05, 4.69) is 5.10 Å². The third kappa shape index (κ3) is 4.40. The number of aryl methyl sites for hydroxylation is 1. The molecule has 0 bridgehead atoms. The van der Waals surface area contributed by atoms with Crippen molar-refractivity contribution in [1.29, 1.82) is 0 Å². The lowest BCUT2D eigenvalue weighted by Crippen LogP contribution is -2.24. The number of fused-ring (bicyclic) bond motifs is 1. The Morgan fingerprint density at radius 1 is 0.903 bits per heavy atom. The molecule has 3 aromatic carbocycles. The van der Waals surface area contributed by atoms with E-state index in [0.717, 1.165) is 17.9 Å². The van der Waals surface area contributed by atoms with Crippen LogP contribution in [0.5, 0.6) is 11.5 Å². The molecule has 0 fully saturated rings. The lowest BCUT2D eigenvalue weighted by Gasteiger charge is -2.12. The Hall–Kier alpha value is -3.74. The van der Waals surface area contributed by atoms with Crippen molar-refractivity contribution in [3.63, 3.8) is 0 Å². The number of methoxy groups -OCH3 is 1. The van der Waals surface area contributed by atoms with Gasteiger partial charge >= 0.3 is 0 Å². The molecule has 0 saturated carbocycles. The zero-order valence-corrected chi connectivity index (χ0v) is 16.8. The largest absolute Gasteiger partial charge is 0.497 e. The summed E-state index contributed by atoms with van der Waals surface area (Å²) >= 11 is 0. The van der Waals surface area contributed by atoms with E-state index in [1.54, 1.807) is 55.6 Å². The van der Waals surface area contributed by atoms with Crippen molar-refractivity contribution in [2.24, 2.45) is 0 Å². The van der Waals surface area contributed by atoms with Crippen LogP contribution in [0.4, 0.5) is 8.78 Å². The van der Waals surface area contributed by atoms with Gasteiger partial charge in [-0.05, 0) is 48.5 Å². The van der Waals surface area contributed by atoms with Crippen LogP contribution < -0.4 is 15.0 Å². The second-order valence-corrected chi connectivity index (χ2v) is 6.93. The van der Waals surface area contributed by atoms with E-state index in [0.29, 0.717) is 47.4 Å². The van der Waals surface area contributed by atoms with Gasteiger partial charge in [-0.3, -0.25) is 4.79 Å². The van der Waals surface area contributed by atoms with Gasteiger partial charge in [0.15, 0.2) is 11.6 Å². The predicted octanol–water partition coefficient (Wildman–Crippen LogP) is 4.82. The van der Waals surface area contributed by atoms with Gasteiger partial charge in [-0.25, -0.2) is 13.5 Å². The average molecular weight is 422 g/mol. The summed E-state index contributed by atoms with van der Waals surface area (Å²) < 4.78 is 39.4. The highest BCUT2D eigenvalue weighted by molar-refractivity contribution is 5.93. The monoisotopic (exact) mass is 422 g/mol. The van der Waals surface area contributed by atoms with Gasteiger partial charge in [0.1, 0.15) is 11.5 Å². The summed E-state index contributed by atoms with van der Waals surface area (Å²) in [6.07, 6.45) is 0.536. The van der Waals surface area contributed by atoms with Crippen molar-refractivity contribution in [3.05, 3.63) is 88.7 Å². The molecule has 0 spiro atoms. The number of benzene rings is 3. The Labute approximate surface area is 177 Å². The molecule has 0 N–H and O–H groups in total. The molecular formula is C24H20F2N2O3. The van der Waals surface area contributed by atoms with Crippen LogP contribution in [0.25, 0.3) is 22.0 Å². The minimum Gasteiger partial charge on any atom is -0.497 e. The lowest BCUT2D eigenvalue weighted by molar-refractivity contribution is 0.297. The number of halogens is 2. The van der Waals surface area contributed by atoms with E-state index in [-0.39, 0.29) is 5.56 Å². The molecule has 5 nitrogen and oxygen atoms in total. The molecule has 0 saturated heterocycles. The standard InChI is InChI=1S/C24H20F2N2O3/c1-30-17-8-10-18(11-9-17)31-14-4-13-28-24(29)20-6-3-2-5-19(20)23(27-28)16-7-12-21(25)22(26)15-16/h2-3,5-12,15H,4,13-14H2,1H3. The summed E-state index contributed by atoms with van der Waals surface area (Å²) in [5.41, 5.74) is 0.579. The fraction of sp³-hybridized carbons (Fsp3) is 0.167. The quantitative estimate of drug-likeness (QED) is 0.401. The lowest BCUT2D eigenvalue weighted by atomic mass is 10.0. The fourth-order valence-electron chi connectivity index (χ4n) is 3.32. The van der Waals surface area contributed by atoms with Crippen molar-refractivity contribution >= 4 is 10.8 Å². The number of hydrogen-bond donors (Lipinski definition) is 0. The average Bonchev–Trinajstić information content (AvgIpc) is 2.80. The van der Waals surface area contributed by atoms with Gasteiger partial charge in [-0.2, -0.15) is 5.10 Å². The molecule has 31 heavy (non-hydrogen) atoms. The van der Waals surface area contributed by atoms with Gasteiger partial charge in [0.25, 0.3) is 5.56 Å². The third-order valence-electron chi connectivity index (χ3n) is 4.90. The van der Waals surface area contributed by atoms with Gasteiger partial charge in [-0.15, -0.1) is 0 Å². The molecule has 4 rings (SSSR count). The highest BCUT2D eigenvalue weighted by Crippen LogP contribution is 2.26. The normalized spacial score (nSPS) is 10.9. The van der Waals surface area contributed by atoms with E-state index in [1.165, 1.54) is 10.7 Å². The number of hydrogen-bond acceptors (Lipinski definition) is 4. The number of rotatable bonds is 7. The molecule has 0 unspecified atom stereocenters. The SMILES string of the molecule is COc1ccc(OCCCn2nc(-c3ccc(F)c(F)c3)c3ccccc3c2=O)cc1. The molecule has 0 radical (unpaired) electrons. The summed E-state index contributed by atoms with van der Waals surface area (Å²) in [4.78, 5) is 12.9. The summed E-state index contributed by atoms with van der Waals surface area (Å²) in [6.45, 7) is 0.699. The summed E-state index contributed by atoms with van der Waals surface area (Å²) in [5, 5.41) is 5.50. The molecule has 1 heterocycles. The second-order valence-electron chi connectivity index (χ2n) is 6.93. The molecular weight excluding hydrogens is 402 g/mol. The van der Waals surface area contributed by atoms with Gasteiger partial charge in [-0.1, -0.05) is 18.2 Å².